The molecule has 0 radical (unpaired) electrons. The first-order valence-electron chi connectivity index (χ1n) is 3.92. The maximum atomic E-state index is 10.8. The monoisotopic (exact) mass is 160 g/mol. The smallest absolute Gasteiger partial charge is 0.257 e. The highest BCUT2D eigenvalue weighted by molar-refractivity contribution is 5.76. The van der Waals surface area contributed by atoms with Gasteiger partial charge in [-0.2, -0.15) is 0 Å². The van der Waals surface area contributed by atoms with E-state index in [1.165, 1.54) is 0 Å². The highest BCUT2D eigenvalue weighted by Gasteiger charge is 1.96. The minimum Gasteiger partial charge on any atom is -0.308 e. The maximum absolute atomic E-state index is 10.8. The Kier molecular flexibility index (Phi) is 7.08. The second kappa shape index (κ2) is 7.50. The topological polar surface area (TPSA) is 50.4 Å². The van der Waals surface area contributed by atoms with Crippen molar-refractivity contribution in [1.29, 1.82) is 0 Å². The van der Waals surface area contributed by atoms with Gasteiger partial charge in [0.25, 0.3) is 5.91 Å². The van der Waals surface area contributed by atoms with Crippen LogP contribution in [0, 0.1) is 0 Å². The molecule has 0 aliphatic rings. The van der Waals surface area contributed by atoms with E-state index in [9.17, 15) is 4.79 Å². The summed E-state index contributed by atoms with van der Waals surface area (Å²) in [5, 5.41) is 2.95. The Hall–Kier alpha value is -0.610. The minimum atomic E-state index is -0.125. The SMILES string of the molecule is CCCNCC(=O)NOCC. The summed E-state index contributed by atoms with van der Waals surface area (Å²) >= 11 is 0. The molecule has 0 saturated heterocycles. The lowest BCUT2D eigenvalue weighted by Crippen LogP contribution is -2.34. The molecule has 0 aliphatic heterocycles. The molecule has 11 heavy (non-hydrogen) atoms. The average molecular weight is 160 g/mol. The average Bonchev–Trinajstić information content (AvgIpc) is 2.01. The highest BCUT2D eigenvalue weighted by atomic mass is 16.6. The number of carbonyl (C=O) groups excluding carboxylic acids is 1. The van der Waals surface area contributed by atoms with Gasteiger partial charge in [-0.25, -0.2) is 5.48 Å². The zero-order chi connectivity index (χ0) is 8.53. The first-order valence-corrected chi connectivity index (χ1v) is 3.92. The minimum absolute atomic E-state index is 0.125. The lowest BCUT2D eigenvalue weighted by molar-refractivity contribution is -0.132. The van der Waals surface area contributed by atoms with E-state index < -0.39 is 0 Å². The molecule has 0 aromatic carbocycles. The fourth-order valence-electron chi connectivity index (χ4n) is 0.567. The number of hydrogen-bond acceptors (Lipinski definition) is 3. The van der Waals surface area contributed by atoms with Crippen molar-refractivity contribution < 1.29 is 9.63 Å². The maximum Gasteiger partial charge on any atom is 0.257 e. The normalized spacial score (nSPS) is 9.64. The number of rotatable bonds is 6. The van der Waals surface area contributed by atoms with Gasteiger partial charge in [0.2, 0.25) is 0 Å². The van der Waals surface area contributed by atoms with Crippen molar-refractivity contribution in [3.05, 3.63) is 0 Å². The van der Waals surface area contributed by atoms with E-state index in [1.807, 2.05) is 13.8 Å². The third-order valence-corrected chi connectivity index (χ3v) is 1.04. The first-order chi connectivity index (χ1) is 5.31. The fourth-order valence-corrected chi connectivity index (χ4v) is 0.567. The summed E-state index contributed by atoms with van der Waals surface area (Å²) in [4.78, 5) is 15.5. The Morgan fingerprint density at radius 2 is 2.18 bits per heavy atom. The number of carbonyl (C=O) groups is 1. The zero-order valence-corrected chi connectivity index (χ0v) is 7.14. The molecule has 0 aliphatic carbocycles. The summed E-state index contributed by atoms with van der Waals surface area (Å²) in [5.74, 6) is -0.125. The van der Waals surface area contributed by atoms with Gasteiger partial charge >= 0.3 is 0 Å². The standard InChI is InChI=1S/C7H16N2O2/c1-3-5-8-6-7(10)9-11-4-2/h8H,3-6H2,1-2H3,(H,9,10). The van der Waals surface area contributed by atoms with Crippen LogP contribution in [-0.4, -0.2) is 25.6 Å². The molecule has 0 rings (SSSR count). The van der Waals surface area contributed by atoms with E-state index in [1.54, 1.807) is 0 Å². The molecule has 0 aromatic heterocycles. The second-order valence-electron chi connectivity index (χ2n) is 2.14. The van der Waals surface area contributed by atoms with E-state index in [0.29, 0.717) is 13.2 Å². The molecule has 0 aromatic rings. The van der Waals surface area contributed by atoms with Gasteiger partial charge in [-0.05, 0) is 19.9 Å². The number of amides is 1. The third-order valence-electron chi connectivity index (χ3n) is 1.04. The van der Waals surface area contributed by atoms with Crippen molar-refractivity contribution in [2.45, 2.75) is 20.3 Å². The molecule has 4 nitrogen and oxygen atoms in total. The van der Waals surface area contributed by atoms with E-state index in [0.717, 1.165) is 13.0 Å². The lowest BCUT2D eigenvalue weighted by atomic mass is 10.5. The Morgan fingerprint density at radius 3 is 2.73 bits per heavy atom. The lowest BCUT2D eigenvalue weighted by Gasteiger charge is -2.03. The van der Waals surface area contributed by atoms with Gasteiger partial charge in [-0.3, -0.25) is 9.63 Å². The molecular weight excluding hydrogens is 144 g/mol. The van der Waals surface area contributed by atoms with Crippen molar-refractivity contribution in [2.75, 3.05) is 19.7 Å². The van der Waals surface area contributed by atoms with Crippen LogP contribution >= 0.6 is 0 Å². The van der Waals surface area contributed by atoms with Crippen LogP contribution in [0.3, 0.4) is 0 Å². The van der Waals surface area contributed by atoms with E-state index in [4.69, 9.17) is 0 Å². The molecule has 0 fully saturated rings. The van der Waals surface area contributed by atoms with Gasteiger partial charge in [0.15, 0.2) is 0 Å². The van der Waals surface area contributed by atoms with Gasteiger partial charge < -0.3 is 5.32 Å². The second-order valence-corrected chi connectivity index (χ2v) is 2.14. The van der Waals surface area contributed by atoms with E-state index in [2.05, 4.69) is 15.6 Å². The van der Waals surface area contributed by atoms with Crippen molar-refractivity contribution in [2.24, 2.45) is 0 Å². The molecule has 4 heteroatoms. The summed E-state index contributed by atoms with van der Waals surface area (Å²) in [6.07, 6.45) is 1.03. The van der Waals surface area contributed by atoms with Crippen LogP contribution < -0.4 is 10.8 Å². The van der Waals surface area contributed by atoms with Crippen LogP contribution in [0.4, 0.5) is 0 Å². The fraction of sp³-hybridized carbons (Fsp3) is 0.857. The molecule has 0 atom stereocenters. The molecule has 0 bridgehead atoms. The number of hydrogen-bond donors (Lipinski definition) is 2. The zero-order valence-electron chi connectivity index (χ0n) is 7.14. The number of hydroxylamine groups is 1. The van der Waals surface area contributed by atoms with Gasteiger partial charge in [0, 0.05) is 0 Å². The van der Waals surface area contributed by atoms with Crippen LogP contribution in [0.15, 0.2) is 0 Å². The van der Waals surface area contributed by atoms with E-state index >= 15 is 0 Å². The molecule has 66 valence electrons. The molecule has 1 amide bonds. The highest BCUT2D eigenvalue weighted by Crippen LogP contribution is 1.70. The summed E-state index contributed by atoms with van der Waals surface area (Å²) < 4.78 is 0. The van der Waals surface area contributed by atoms with Gasteiger partial charge in [0.05, 0.1) is 13.2 Å². The predicted octanol–water partition coefficient (Wildman–Crippen LogP) is 0.0537. The molecule has 2 N–H and O–H groups in total. The summed E-state index contributed by atoms with van der Waals surface area (Å²) in [6, 6.07) is 0. The van der Waals surface area contributed by atoms with Crippen LogP contribution in [0.2, 0.25) is 0 Å². The summed E-state index contributed by atoms with van der Waals surface area (Å²) in [7, 11) is 0. The Morgan fingerprint density at radius 1 is 1.45 bits per heavy atom. The van der Waals surface area contributed by atoms with Crippen molar-refractivity contribution >= 4 is 5.91 Å². The van der Waals surface area contributed by atoms with Crippen LogP contribution in [0.25, 0.3) is 0 Å². The Balaban J connectivity index is 3.09. The molecule has 0 spiro atoms. The van der Waals surface area contributed by atoms with Crippen molar-refractivity contribution in [3.8, 4) is 0 Å². The number of nitrogens with one attached hydrogen (secondary N) is 2. The molecule has 0 saturated carbocycles. The van der Waals surface area contributed by atoms with Crippen LogP contribution in [0.1, 0.15) is 20.3 Å². The van der Waals surface area contributed by atoms with Crippen molar-refractivity contribution in [1.82, 2.24) is 10.8 Å². The summed E-state index contributed by atoms with van der Waals surface area (Å²) in [5.41, 5.74) is 2.29. The van der Waals surface area contributed by atoms with Crippen molar-refractivity contribution in [3.63, 3.8) is 0 Å². The molecular formula is C7H16N2O2. The largest absolute Gasteiger partial charge is 0.308 e. The molecule has 0 unspecified atom stereocenters. The summed E-state index contributed by atoms with van der Waals surface area (Å²) in [6.45, 7) is 5.56. The van der Waals surface area contributed by atoms with Gasteiger partial charge in [0.1, 0.15) is 0 Å². The Labute approximate surface area is 67.3 Å². The third kappa shape index (κ3) is 7.29. The van der Waals surface area contributed by atoms with Crippen LogP contribution in [-0.2, 0) is 9.63 Å². The quantitative estimate of drug-likeness (QED) is 0.426. The van der Waals surface area contributed by atoms with Gasteiger partial charge in [-0.1, -0.05) is 6.92 Å². The van der Waals surface area contributed by atoms with Gasteiger partial charge in [-0.15, -0.1) is 0 Å². The predicted molar refractivity (Wildman–Crippen MR) is 42.9 cm³/mol. The van der Waals surface area contributed by atoms with E-state index in [-0.39, 0.29) is 5.91 Å². The first kappa shape index (κ1) is 10.4. The van der Waals surface area contributed by atoms with Crippen LogP contribution in [0.5, 0.6) is 0 Å². The molecule has 0 heterocycles. The Bertz CT molecular complexity index is 107.